The van der Waals surface area contributed by atoms with Gasteiger partial charge in [0.05, 0.1) is 39.9 Å². The van der Waals surface area contributed by atoms with E-state index in [4.69, 9.17) is 4.74 Å². The number of benzene rings is 2. The number of carbonyl (C=O) groups excluding carboxylic acids is 3. The van der Waals surface area contributed by atoms with Crippen LogP contribution in [0.25, 0.3) is 16.7 Å². The predicted molar refractivity (Wildman–Crippen MR) is 198 cm³/mol. The number of nitrogens with one attached hydrogen (secondary N) is 3. The molecule has 0 saturated carbocycles. The maximum absolute atomic E-state index is 15.2. The van der Waals surface area contributed by atoms with Gasteiger partial charge in [-0.05, 0) is 67.8 Å². The van der Waals surface area contributed by atoms with Crippen LogP contribution < -0.4 is 26.6 Å². The van der Waals surface area contributed by atoms with E-state index in [1.54, 1.807) is 33.8 Å². The fourth-order valence-corrected chi connectivity index (χ4v) is 6.33. The summed E-state index contributed by atoms with van der Waals surface area (Å²) in [4.78, 5) is 72.2. The van der Waals surface area contributed by atoms with Crippen molar-refractivity contribution in [1.82, 2.24) is 24.4 Å². The van der Waals surface area contributed by atoms with Gasteiger partial charge in [0.2, 0.25) is 5.91 Å². The standard InChI is InChI=1S/C37H37F2N7O8S/c1-6-54-34(49)28(13-7-21-8-14-31(41-19-21)46-33(48)24-15-16-40-20-30(24)45(5)36(46)51)43-32(47)25-17-27(39)29(18-26(25)38)44-55(52,53)23-11-9-22(10-12-23)42-35(50)37(2,3)4/h8-12,14-20,28,44H,6-7,13H2,1-5H3,(H,42,50)(H,43,47)/t28-/m0/s1. The highest BCUT2D eigenvalue weighted by Crippen LogP contribution is 2.25. The summed E-state index contributed by atoms with van der Waals surface area (Å²) >= 11 is 0. The largest absolute Gasteiger partial charge is 0.464 e. The first kappa shape index (κ1) is 39.9. The van der Waals surface area contributed by atoms with Gasteiger partial charge >= 0.3 is 11.7 Å². The average Bonchev–Trinajstić information content (AvgIpc) is 3.14. The van der Waals surface area contributed by atoms with E-state index < -0.39 is 67.5 Å². The van der Waals surface area contributed by atoms with Crippen LogP contribution in [0.3, 0.4) is 0 Å². The highest BCUT2D eigenvalue weighted by Gasteiger charge is 2.27. The molecule has 0 radical (unpaired) electrons. The Hall–Kier alpha value is -6.30. The SMILES string of the molecule is CCOC(=O)[C@H](CCc1ccc(-n2c(=O)c3ccncc3n(C)c2=O)nc1)NC(=O)c1cc(F)c(NS(=O)(=O)c2ccc(NC(=O)C(C)(C)C)cc2)cc1F. The number of aromatic nitrogens is 4. The van der Waals surface area contributed by atoms with E-state index in [0.29, 0.717) is 28.9 Å². The molecule has 1 atom stereocenters. The Balaban J connectivity index is 1.28. The molecule has 0 unspecified atom stereocenters. The van der Waals surface area contributed by atoms with Crippen molar-refractivity contribution < 1.29 is 36.3 Å². The lowest BCUT2D eigenvalue weighted by atomic mass is 9.95. The van der Waals surface area contributed by atoms with Crippen LogP contribution in [-0.2, 0) is 37.8 Å². The topological polar surface area (TPSA) is 200 Å². The summed E-state index contributed by atoms with van der Waals surface area (Å²) in [7, 11) is -2.94. The van der Waals surface area contributed by atoms with Gasteiger partial charge in [-0.15, -0.1) is 0 Å². The lowest BCUT2D eigenvalue weighted by Gasteiger charge is -2.18. The van der Waals surface area contributed by atoms with Crippen LogP contribution in [0.2, 0.25) is 0 Å². The molecule has 0 fully saturated rings. The highest BCUT2D eigenvalue weighted by molar-refractivity contribution is 7.92. The summed E-state index contributed by atoms with van der Waals surface area (Å²) in [5, 5.41) is 5.26. The Kier molecular flexibility index (Phi) is 11.6. The van der Waals surface area contributed by atoms with Crippen molar-refractivity contribution >= 4 is 50.1 Å². The number of nitrogens with zero attached hydrogens (tertiary/aromatic N) is 4. The van der Waals surface area contributed by atoms with Crippen molar-refractivity contribution in [1.29, 1.82) is 0 Å². The number of fused-ring (bicyclic) bond motifs is 1. The number of sulfonamides is 1. The molecule has 5 rings (SSSR count). The normalized spacial score (nSPS) is 12.2. The van der Waals surface area contributed by atoms with E-state index in [2.05, 4.69) is 20.6 Å². The highest BCUT2D eigenvalue weighted by atomic mass is 32.2. The molecule has 0 aliphatic carbocycles. The predicted octanol–water partition coefficient (Wildman–Crippen LogP) is 3.84. The molecule has 0 saturated heterocycles. The van der Waals surface area contributed by atoms with Crippen molar-refractivity contribution in [2.75, 3.05) is 16.6 Å². The van der Waals surface area contributed by atoms with Crippen molar-refractivity contribution in [2.45, 2.75) is 51.5 Å². The first-order chi connectivity index (χ1) is 25.9. The zero-order valence-electron chi connectivity index (χ0n) is 30.3. The number of carbonyl (C=O) groups is 3. The fourth-order valence-electron chi connectivity index (χ4n) is 5.27. The Labute approximate surface area is 313 Å². The molecule has 55 heavy (non-hydrogen) atoms. The molecular formula is C37H37F2N7O8S. The van der Waals surface area contributed by atoms with Gasteiger partial charge in [-0.1, -0.05) is 26.8 Å². The van der Waals surface area contributed by atoms with Crippen molar-refractivity contribution in [3.63, 3.8) is 0 Å². The van der Waals surface area contributed by atoms with E-state index >= 15 is 8.78 Å². The molecule has 5 aromatic rings. The fraction of sp³-hybridized carbons (Fsp3) is 0.270. The van der Waals surface area contributed by atoms with Crippen LogP contribution in [-0.4, -0.2) is 58.0 Å². The molecule has 15 nitrogen and oxygen atoms in total. The van der Waals surface area contributed by atoms with Crippen LogP contribution in [0, 0.1) is 17.0 Å². The molecule has 288 valence electrons. The number of aryl methyl sites for hydroxylation is 2. The smallest absolute Gasteiger partial charge is 0.337 e. The third-order valence-electron chi connectivity index (χ3n) is 8.36. The summed E-state index contributed by atoms with van der Waals surface area (Å²) in [6.45, 7) is 6.62. The van der Waals surface area contributed by atoms with Crippen molar-refractivity contribution in [3.05, 3.63) is 117 Å². The van der Waals surface area contributed by atoms with Gasteiger partial charge in [-0.3, -0.25) is 28.7 Å². The second kappa shape index (κ2) is 16.0. The van der Waals surface area contributed by atoms with Gasteiger partial charge in [0.25, 0.3) is 21.5 Å². The van der Waals surface area contributed by atoms with Crippen LogP contribution in [0.15, 0.2) is 87.7 Å². The maximum Gasteiger partial charge on any atom is 0.337 e. The summed E-state index contributed by atoms with van der Waals surface area (Å²) < 4.78 is 65.6. The zero-order valence-corrected chi connectivity index (χ0v) is 31.2. The lowest BCUT2D eigenvalue weighted by Crippen LogP contribution is -2.42. The summed E-state index contributed by atoms with van der Waals surface area (Å²) in [6.07, 6.45) is 4.27. The average molecular weight is 778 g/mol. The quantitative estimate of drug-likeness (QED) is 0.156. The first-order valence-electron chi connectivity index (χ1n) is 16.8. The Morgan fingerprint density at radius 2 is 1.67 bits per heavy atom. The minimum Gasteiger partial charge on any atom is -0.464 e. The van der Waals surface area contributed by atoms with E-state index in [0.717, 1.165) is 4.57 Å². The minimum absolute atomic E-state index is 0.0426. The number of halogens is 2. The van der Waals surface area contributed by atoms with E-state index in [1.807, 2.05) is 4.72 Å². The molecule has 2 amide bonds. The molecule has 18 heteroatoms. The summed E-state index contributed by atoms with van der Waals surface area (Å²) in [5.74, 6) is -4.84. The number of anilines is 2. The molecule has 3 N–H and O–H groups in total. The monoisotopic (exact) mass is 777 g/mol. The lowest BCUT2D eigenvalue weighted by molar-refractivity contribution is -0.145. The zero-order chi connectivity index (χ0) is 40.2. The third-order valence-corrected chi connectivity index (χ3v) is 9.74. The molecular weight excluding hydrogens is 741 g/mol. The summed E-state index contributed by atoms with van der Waals surface area (Å²) in [5.41, 5.74) is -2.30. The molecule has 2 aromatic carbocycles. The Morgan fingerprint density at radius 1 is 0.964 bits per heavy atom. The molecule has 0 aliphatic rings. The van der Waals surface area contributed by atoms with E-state index in [-0.39, 0.29) is 41.5 Å². The van der Waals surface area contributed by atoms with E-state index in [1.165, 1.54) is 66.6 Å². The van der Waals surface area contributed by atoms with Gasteiger partial charge in [0.15, 0.2) is 0 Å². The third kappa shape index (κ3) is 8.92. The minimum atomic E-state index is -4.44. The van der Waals surface area contributed by atoms with Gasteiger partial charge in [0.1, 0.15) is 23.5 Å². The van der Waals surface area contributed by atoms with Crippen LogP contribution in [0.1, 0.15) is 50.0 Å². The van der Waals surface area contributed by atoms with Crippen LogP contribution in [0.5, 0.6) is 0 Å². The van der Waals surface area contributed by atoms with Crippen molar-refractivity contribution in [3.8, 4) is 5.82 Å². The number of rotatable bonds is 12. The molecule has 3 aromatic heterocycles. The van der Waals surface area contributed by atoms with Crippen LogP contribution >= 0.6 is 0 Å². The first-order valence-corrected chi connectivity index (χ1v) is 18.3. The number of hydrogen-bond donors (Lipinski definition) is 3. The number of pyridine rings is 2. The van der Waals surface area contributed by atoms with Gasteiger partial charge in [0, 0.05) is 36.6 Å². The van der Waals surface area contributed by atoms with E-state index in [9.17, 15) is 32.4 Å². The summed E-state index contributed by atoms with van der Waals surface area (Å²) in [6, 6.07) is 9.19. The van der Waals surface area contributed by atoms with Crippen LogP contribution in [0.4, 0.5) is 20.2 Å². The number of ether oxygens (including phenoxy) is 1. The second-order valence-corrected chi connectivity index (χ2v) is 15.0. The number of hydrogen-bond acceptors (Lipinski definition) is 10. The molecule has 0 bridgehead atoms. The van der Waals surface area contributed by atoms with Gasteiger partial charge in [-0.25, -0.2) is 36.3 Å². The maximum atomic E-state index is 15.2. The Bertz CT molecular complexity index is 2520. The molecule has 0 spiro atoms. The number of esters is 1. The Morgan fingerprint density at radius 3 is 2.31 bits per heavy atom. The molecule has 0 aliphatic heterocycles. The second-order valence-electron chi connectivity index (χ2n) is 13.4. The molecule has 3 heterocycles. The number of amides is 2. The van der Waals surface area contributed by atoms with Crippen molar-refractivity contribution in [2.24, 2.45) is 12.5 Å². The van der Waals surface area contributed by atoms with Gasteiger partial charge < -0.3 is 15.4 Å². The van der Waals surface area contributed by atoms with Gasteiger partial charge in [-0.2, -0.15) is 0 Å².